The number of sulfonamides is 1. The third kappa shape index (κ3) is 5.49. The number of aromatic amines is 1. The van der Waals surface area contributed by atoms with Gasteiger partial charge in [-0.2, -0.15) is 9.29 Å². The Hall–Kier alpha value is -3.49. The highest BCUT2D eigenvalue weighted by atomic mass is 35.5. The molecule has 208 valence electrons. The van der Waals surface area contributed by atoms with Gasteiger partial charge in [0.15, 0.2) is 0 Å². The molecule has 1 unspecified atom stereocenters. The van der Waals surface area contributed by atoms with Gasteiger partial charge in [-0.25, -0.2) is 23.2 Å². The molecule has 2 N–H and O–H groups in total. The molecule has 1 aromatic carbocycles. The summed E-state index contributed by atoms with van der Waals surface area (Å²) in [4.78, 5) is 46.3. The molecule has 0 saturated carbocycles. The molecule has 2 aromatic heterocycles. The van der Waals surface area contributed by atoms with E-state index in [1.54, 1.807) is 24.4 Å². The number of rotatable bonds is 7. The van der Waals surface area contributed by atoms with Crippen LogP contribution in [0.4, 0.5) is 11.8 Å². The average Bonchev–Trinajstić information content (AvgIpc) is 3.34. The molecular weight excluding hydrogens is 548 g/mol. The van der Waals surface area contributed by atoms with Crippen molar-refractivity contribution >= 4 is 56.3 Å². The van der Waals surface area contributed by atoms with Gasteiger partial charge in [-0.1, -0.05) is 11.6 Å². The smallest absolute Gasteiger partial charge is 0.327 e. The number of carboxylic acid groups (broad SMARTS) is 1. The summed E-state index contributed by atoms with van der Waals surface area (Å²) in [5.41, 5.74) is 0.816. The highest BCUT2D eigenvalue weighted by Gasteiger charge is 2.43. The van der Waals surface area contributed by atoms with Gasteiger partial charge in [0, 0.05) is 51.5 Å². The summed E-state index contributed by atoms with van der Waals surface area (Å²) in [6.45, 7) is 0.814. The number of fused-ring (bicyclic) bond motifs is 1. The van der Waals surface area contributed by atoms with Crippen molar-refractivity contribution in [3.05, 3.63) is 35.5 Å². The second-order valence-electron chi connectivity index (χ2n) is 9.94. The van der Waals surface area contributed by atoms with Crippen molar-refractivity contribution in [2.45, 2.75) is 24.0 Å². The van der Waals surface area contributed by atoms with E-state index in [1.165, 1.54) is 4.90 Å². The van der Waals surface area contributed by atoms with E-state index in [0.717, 1.165) is 23.0 Å². The van der Waals surface area contributed by atoms with Gasteiger partial charge in [-0.3, -0.25) is 4.79 Å². The largest absolute Gasteiger partial charge is 0.480 e. The Kier molecular flexibility index (Phi) is 7.35. The lowest BCUT2D eigenvalue weighted by atomic mass is 9.95. The highest BCUT2D eigenvalue weighted by molar-refractivity contribution is 7.89. The number of halogens is 1. The normalized spacial score (nSPS) is 19.6. The summed E-state index contributed by atoms with van der Waals surface area (Å²) in [5, 5.41) is 9.98. The molecule has 4 heterocycles. The van der Waals surface area contributed by atoms with Crippen LogP contribution in [0, 0.1) is 5.92 Å². The van der Waals surface area contributed by atoms with Crippen molar-refractivity contribution in [1.82, 2.24) is 29.1 Å². The number of carbonyl (C=O) groups excluding carboxylic acids is 1. The second kappa shape index (κ2) is 10.6. The minimum Gasteiger partial charge on any atom is -0.480 e. The van der Waals surface area contributed by atoms with Gasteiger partial charge < -0.3 is 24.8 Å². The molecule has 13 nitrogen and oxygen atoms in total. The third-order valence-corrected chi connectivity index (χ3v) is 8.97. The van der Waals surface area contributed by atoms with Crippen molar-refractivity contribution in [3.8, 4) is 0 Å². The molecule has 1 atom stereocenters. The Bertz CT molecular complexity index is 1510. The van der Waals surface area contributed by atoms with E-state index in [4.69, 9.17) is 11.6 Å². The lowest BCUT2D eigenvalue weighted by molar-refractivity contribution is -0.154. The van der Waals surface area contributed by atoms with E-state index >= 15 is 0 Å². The van der Waals surface area contributed by atoms with Crippen LogP contribution in [0.1, 0.15) is 12.8 Å². The molecule has 1 amide bonds. The van der Waals surface area contributed by atoms with E-state index in [9.17, 15) is 23.1 Å². The first-order chi connectivity index (χ1) is 18.5. The molecule has 0 aliphatic carbocycles. The predicted octanol–water partition coefficient (Wildman–Crippen LogP) is 1.28. The van der Waals surface area contributed by atoms with Gasteiger partial charge in [-0.05, 0) is 43.0 Å². The van der Waals surface area contributed by atoms with E-state index in [1.807, 2.05) is 25.1 Å². The zero-order chi connectivity index (χ0) is 27.9. The topological polar surface area (TPSA) is 156 Å². The molecule has 5 rings (SSSR count). The number of hydrogen-bond acceptors (Lipinski definition) is 9. The fraction of sp³-hybridized carbons (Fsp3) is 0.458. The number of H-pyrrole nitrogens is 1. The quantitative estimate of drug-likeness (QED) is 0.420. The monoisotopic (exact) mass is 576 g/mol. The molecule has 3 aromatic rings. The summed E-state index contributed by atoms with van der Waals surface area (Å²) < 4.78 is 27.5. The maximum absolute atomic E-state index is 13.3. The molecular formula is C24H29ClN8O5S. The fourth-order valence-electron chi connectivity index (χ4n) is 4.95. The van der Waals surface area contributed by atoms with Crippen LogP contribution in [0.25, 0.3) is 11.0 Å². The lowest BCUT2D eigenvalue weighted by Crippen LogP contribution is -2.61. The Morgan fingerprint density at radius 3 is 2.64 bits per heavy atom. The SMILES string of the molecule is CN(C)c1nccc(N2CCC(CN3C(=O)CN(S(=O)(=O)c4nc5ccc(Cl)cc5[nH]4)CC3C(=O)O)CC2)n1. The van der Waals surface area contributed by atoms with E-state index in [2.05, 4.69) is 24.8 Å². The molecule has 0 radical (unpaired) electrons. The number of nitrogens with zero attached hydrogens (tertiary/aromatic N) is 7. The number of piperidine rings is 1. The first-order valence-corrected chi connectivity index (χ1v) is 14.3. The standard InChI is InChI=1S/C24H29ClN8O5S/c1-30(2)23-26-8-5-20(29-23)31-9-6-15(7-10-31)12-33-19(22(35)36)13-32(14-21(33)34)39(37,38)24-27-17-4-3-16(25)11-18(17)28-24/h3-5,8,11,15,19H,6-7,9-10,12-14H2,1-2H3,(H,27,28)(H,35,36). The molecule has 39 heavy (non-hydrogen) atoms. The van der Waals surface area contributed by atoms with Gasteiger partial charge in [0.2, 0.25) is 17.0 Å². The van der Waals surface area contributed by atoms with Crippen LogP contribution in [0.3, 0.4) is 0 Å². The predicted molar refractivity (Wildman–Crippen MR) is 144 cm³/mol. The summed E-state index contributed by atoms with van der Waals surface area (Å²) in [6.07, 6.45) is 3.19. The van der Waals surface area contributed by atoms with Gasteiger partial charge in [-0.15, -0.1) is 0 Å². The van der Waals surface area contributed by atoms with Crippen molar-refractivity contribution < 1.29 is 23.1 Å². The zero-order valence-corrected chi connectivity index (χ0v) is 23.1. The first-order valence-electron chi connectivity index (χ1n) is 12.5. The molecule has 15 heteroatoms. The fourth-order valence-corrected chi connectivity index (χ4v) is 6.44. The van der Waals surface area contributed by atoms with Crippen LogP contribution in [0.2, 0.25) is 5.02 Å². The summed E-state index contributed by atoms with van der Waals surface area (Å²) in [7, 11) is -0.502. The van der Waals surface area contributed by atoms with Crippen LogP contribution in [0.5, 0.6) is 0 Å². The van der Waals surface area contributed by atoms with Crippen molar-refractivity contribution in [3.63, 3.8) is 0 Å². The first kappa shape index (κ1) is 27.1. The highest BCUT2D eigenvalue weighted by Crippen LogP contribution is 2.27. The second-order valence-corrected chi connectivity index (χ2v) is 12.2. The van der Waals surface area contributed by atoms with Crippen LogP contribution in [0.15, 0.2) is 35.6 Å². The minimum atomic E-state index is -4.25. The zero-order valence-electron chi connectivity index (χ0n) is 21.5. The van der Waals surface area contributed by atoms with E-state index in [-0.39, 0.29) is 24.2 Å². The number of aliphatic carboxylic acids is 1. The lowest BCUT2D eigenvalue weighted by Gasteiger charge is -2.41. The van der Waals surface area contributed by atoms with Gasteiger partial charge in [0.1, 0.15) is 11.9 Å². The number of aromatic nitrogens is 4. The number of amides is 1. The Morgan fingerprint density at radius 1 is 1.21 bits per heavy atom. The number of imidazole rings is 1. The Labute approximate surface area is 230 Å². The molecule has 2 aliphatic heterocycles. The Balaban J connectivity index is 1.26. The van der Waals surface area contributed by atoms with Crippen molar-refractivity contribution in [1.29, 1.82) is 0 Å². The van der Waals surface area contributed by atoms with E-state index < -0.39 is 34.5 Å². The third-order valence-electron chi connectivity index (χ3n) is 7.10. The number of anilines is 2. The molecule has 0 spiro atoms. The van der Waals surface area contributed by atoms with Gasteiger partial charge >= 0.3 is 5.97 Å². The number of piperazine rings is 1. The minimum absolute atomic E-state index is 0.0745. The Morgan fingerprint density at radius 2 is 1.95 bits per heavy atom. The number of hydrogen-bond donors (Lipinski definition) is 2. The van der Waals surface area contributed by atoms with Crippen molar-refractivity contribution in [2.24, 2.45) is 5.92 Å². The molecule has 2 aliphatic rings. The van der Waals surface area contributed by atoms with Crippen molar-refractivity contribution in [2.75, 3.05) is 56.6 Å². The summed E-state index contributed by atoms with van der Waals surface area (Å²) >= 11 is 5.98. The summed E-state index contributed by atoms with van der Waals surface area (Å²) in [5.74, 6) is -0.299. The van der Waals surface area contributed by atoms with Gasteiger partial charge in [0.05, 0.1) is 17.6 Å². The van der Waals surface area contributed by atoms with Crippen LogP contribution >= 0.6 is 11.6 Å². The number of benzene rings is 1. The average molecular weight is 577 g/mol. The van der Waals surface area contributed by atoms with Gasteiger partial charge in [0.25, 0.3) is 10.0 Å². The van der Waals surface area contributed by atoms with Crippen LogP contribution in [-0.4, -0.2) is 107 Å². The maximum Gasteiger partial charge on any atom is 0.327 e. The molecule has 2 saturated heterocycles. The number of carbonyl (C=O) groups is 2. The molecule has 0 bridgehead atoms. The molecule has 2 fully saturated rings. The van der Waals surface area contributed by atoms with E-state index in [0.29, 0.717) is 35.1 Å². The van der Waals surface area contributed by atoms with Crippen LogP contribution < -0.4 is 9.80 Å². The maximum atomic E-state index is 13.3. The van der Waals surface area contributed by atoms with Crippen LogP contribution in [-0.2, 0) is 19.6 Å². The number of nitrogens with one attached hydrogen (secondary N) is 1. The number of carboxylic acids is 1. The summed E-state index contributed by atoms with van der Waals surface area (Å²) in [6, 6.07) is 5.26.